The molecule has 0 bridgehead atoms. The summed E-state index contributed by atoms with van der Waals surface area (Å²) < 4.78 is 5.12. The van der Waals surface area contributed by atoms with Crippen molar-refractivity contribution in [3.8, 4) is 5.75 Å². The van der Waals surface area contributed by atoms with Gasteiger partial charge >= 0.3 is 0 Å². The topological polar surface area (TPSA) is 39.2 Å². The molecular formula is C12H10ClNO2. The highest BCUT2D eigenvalue weighted by atomic mass is 35.5. The van der Waals surface area contributed by atoms with Gasteiger partial charge in [0.25, 0.3) is 0 Å². The standard InChI is InChI=1S/C12H10ClNO2/c1-7-11(6-15)10-5-8(16-2)3-4-9(10)12(13)14-7/h3-6H,1-2H3. The number of rotatable bonds is 2. The molecule has 1 aromatic carbocycles. The van der Waals surface area contributed by atoms with Crippen molar-refractivity contribution in [1.29, 1.82) is 0 Å². The Labute approximate surface area is 98.0 Å². The first kappa shape index (κ1) is 10.9. The molecule has 2 aromatic rings. The van der Waals surface area contributed by atoms with Crippen LogP contribution >= 0.6 is 11.6 Å². The lowest BCUT2D eigenvalue weighted by Crippen LogP contribution is -1.95. The number of methoxy groups -OCH3 is 1. The number of carbonyl (C=O) groups is 1. The number of benzene rings is 1. The molecule has 0 radical (unpaired) electrons. The summed E-state index contributed by atoms with van der Waals surface area (Å²) >= 11 is 6.02. The van der Waals surface area contributed by atoms with Gasteiger partial charge in [-0.2, -0.15) is 0 Å². The molecule has 0 N–H and O–H groups in total. The molecule has 1 aromatic heterocycles. The van der Waals surface area contributed by atoms with Crippen LogP contribution in [0.15, 0.2) is 18.2 Å². The van der Waals surface area contributed by atoms with Crippen molar-refractivity contribution < 1.29 is 9.53 Å². The molecule has 4 heteroatoms. The zero-order valence-corrected chi connectivity index (χ0v) is 9.71. The van der Waals surface area contributed by atoms with Crippen molar-refractivity contribution in [2.75, 3.05) is 7.11 Å². The van der Waals surface area contributed by atoms with Gasteiger partial charge in [0.2, 0.25) is 0 Å². The van der Waals surface area contributed by atoms with Crippen LogP contribution in [-0.4, -0.2) is 18.4 Å². The lowest BCUT2D eigenvalue weighted by molar-refractivity contribution is 0.112. The number of aryl methyl sites for hydroxylation is 1. The number of carbonyl (C=O) groups excluding carboxylic acids is 1. The molecular weight excluding hydrogens is 226 g/mol. The van der Waals surface area contributed by atoms with Crippen LogP contribution in [0, 0.1) is 6.92 Å². The van der Waals surface area contributed by atoms with Gasteiger partial charge in [-0.25, -0.2) is 4.98 Å². The highest BCUT2D eigenvalue weighted by Crippen LogP contribution is 2.29. The van der Waals surface area contributed by atoms with Crippen molar-refractivity contribution in [2.24, 2.45) is 0 Å². The second-order valence-electron chi connectivity index (χ2n) is 3.43. The van der Waals surface area contributed by atoms with Crippen LogP contribution in [0.3, 0.4) is 0 Å². The van der Waals surface area contributed by atoms with E-state index in [4.69, 9.17) is 16.3 Å². The van der Waals surface area contributed by atoms with Gasteiger partial charge in [-0.05, 0) is 25.1 Å². The van der Waals surface area contributed by atoms with Gasteiger partial charge in [-0.15, -0.1) is 0 Å². The highest BCUT2D eigenvalue weighted by Gasteiger charge is 2.10. The molecule has 1 heterocycles. The summed E-state index contributed by atoms with van der Waals surface area (Å²) in [5, 5.41) is 1.93. The Morgan fingerprint density at radius 3 is 2.75 bits per heavy atom. The van der Waals surface area contributed by atoms with E-state index in [1.54, 1.807) is 32.2 Å². The fourth-order valence-corrected chi connectivity index (χ4v) is 1.96. The molecule has 0 atom stereocenters. The zero-order chi connectivity index (χ0) is 11.7. The third-order valence-corrected chi connectivity index (χ3v) is 2.80. The summed E-state index contributed by atoms with van der Waals surface area (Å²) in [7, 11) is 1.58. The van der Waals surface area contributed by atoms with E-state index in [2.05, 4.69) is 4.98 Å². The van der Waals surface area contributed by atoms with Crippen molar-refractivity contribution >= 4 is 28.7 Å². The number of fused-ring (bicyclic) bond motifs is 1. The molecule has 0 aliphatic carbocycles. The Morgan fingerprint density at radius 2 is 2.12 bits per heavy atom. The van der Waals surface area contributed by atoms with Gasteiger partial charge in [-0.1, -0.05) is 11.6 Å². The molecule has 0 spiro atoms. The molecule has 0 aliphatic heterocycles. The van der Waals surface area contributed by atoms with Crippen LogP contribution in [0.25, 0.3) is 10.8 Å². The average molecular weight is 236 g/mol. The molecule has 0 aliphatic rings. The van der Waals surface area contributed by atoms with E-state index >= 15 is 0 Å². The minimum Gasteiger partial charge on any atom is -0.497 e. The third-order valence-electron chi connectivity index (χ3n) is 2.51. The van der Waals surface area contributed by atoms with Crippen molar-refractivity contribution in [2.45, 2.75) is 6.92 Å². The van der Waals surface area contributed by atoms with E-state index in [1.165, 1.54) is 0 Å². The van der Waals surface area contributed by atoms with E-state index in [9.17, 15) is 4.79 Å². The average Bonchev–Trinajstić information content (AvgIpc) is 2.28. The lowest BCUT2D eigenvalue weighted by atomic mass is 10.1. The summed E-state index contributed by atoms with van der Waals surface area (Å²) in [6.45, 7) is 1.76. The molecule has 0 saturated heterocycles. The molecule has 16 heavy (non-hydrogen) atoms. The number of pyridine rings is 1. The number of ether oxygens (including phenoxy) is 1. The number of aromatic nitrogens is 1. The predicted molar refractivity (Wildman–Crippen MR) is 63.4 cm³/mol. The molecule has 0 unspecified atom stereocenters. The maximum atomic E-state index is 11.0. The summed E-state index contributed by atoms with van der Waals surface area (Å²) in [6.07, 6.45) is 0.792. The fourth-order valence-electron chi connectivity index (χ4n) is 1.66. The summed E-state index contributed by atoms with van der Waals surface area (Å²) in [4.78, 5) is 15.1. The van der Waals surface area contributed by atoms with E-state index in [0.29, 0.717) is 22.2 Å². The zero-order valence-electron chi connectivity index (χ0n) is 8.95. The summed E-state index contributed by atoms with van der Waals surface area (Å²) in [5.74, 6) is 0.692. The van der Waals surface area contributed by atoms with Gasteiger partial charge < -0.3 is 4.74 Å². The Kier molecular flexibility index (Phi) is 2.79. The molecule has 82 valence electrons. The first-order chi connectivity index (χ1) is 7.67. The largest absolute Gasteiger partial charge is 0.497 e. The fraction of sp³-hybridized carbons (Fsp3) is 0.167. The maximum absolute atomic E-state index is 11.0. The van der Waals surface area contributed by atoms with E-state index < -0.39 is 0 Å². The van der Waals surface area contributed by atoms with Gasteiger partial charge in [0.15, 0.2) is 6.29 Å². The Bertz CT molecular complexity index is 566. The van der Waals surface area contributed by atoms with Crippen LogP contribution in [0.5, 0.6) is 5.75 Å². The number of hydrogen-bond acceptors (Lipinski definition) is 3. The smallest absolute Gasteiger partial charge is 0.152 e. The Hall–Kier alpha value is -1.61. The van der Waals surface area contributed by atoms with Gasteiger partial charge in [0.1, 0.15) is 10.9 Å². The highest BCUT2D eigenvalue weighted by molar-refractivity contribution is 6.34. The number of halogens is 1. The lowest BCUT2D eigenvalue weighted by Gasteiger charge is -2.07. The van der Waals surface area contributed by atoms with Crippen LogP contribution in [0.2, 0.25) is 5.15 Å². The van der Waals surface area contributed by atoms with E-state index in [0.717, 1.165) is 17.1 Å². The SMILES string of the molecule is COc1ccc2c(Cl)nc(C)c(C=O)c2c1. The van der Waals surface area contributed by atoms with E-state index in [1.807, 2.05) is 0 Å². The first-order valence-electron chi connectivity index (χ1n) is 4.76. The molecule has 2 rings (SSSR count). The van der Waals surface area contributed by atoms with Crippen molar-refractivity contribution in [1.82, 2.24) is 4.98 Å². The molecule has 0 saturated carbocycles. The summed E-state index contributed by atoms with van der Waals surface area (Å²) in [6, 6.07) is 5.38. The minimum atomic E-state index is 0.403. The quantitative estimate of drug-likeness (QED) is 0.593. The molecule has 0 fully saturated rings. The van der Waals surface area contributed by atoms with Crippen molar-refractivity contribution in [3.63, 3.8) is 0 Å². The van der Waals surface area contributed by atoms with Crippen molar-refractivity contribution in [3.05, 3.63) is 34.6 Å². The van der Waals surface area contributed by atoms with Crippen LogP contribution in [0.4, 0.5) is 0 Å². The number of nitrogens with zero attached hydrogens (tertiary/aromatic N) is 1. The normalized spacial score (nSPS) is 10.4. The van der Waals surface area contributed by atoms with Gasteiger partial charge in [0.05, 0.1) is 12.8 Å². The monoisotopic (exact) mass is 235 g/mol. The maximum Gasteiger partial charge on any atom is 0.152 e. The second-order valence-corrected chi connectivity index (χ2v) is 3.79. The summed E-state index contributed by atoms with van der Waals surface area (Å²) in [5.41, 5.74) is 1.18. The Balaban J connectivity index is 2.89. The molecule has 3 nitrogen and oxygen atoms in total. The second kappa shape index (κ2) is 4.10. The third kappa shape index (κ3) is 1.63. The first-order valence-corrected chi connectivity index (χ1v) is 5.14. The van der Waals surface area contributed by atoms with Gasteiger partial charge in [0, 0.05) is 16.3 Å². The van der Waals surface area contributed by atoms with Crippen LogP contribution in [0.1, 0.15) is 16.1 Å². The number of aldehydes is 1. The Morgan fingerprint density at radius 1 is 1.38 bits per heavy atom. The van der Waals surface area contributed by atoms with Crippen LogP contribution in [-0.2, 0) is 0 Å². The number of hydrogen-bond donors (Lipinski definition) is 0. The van der Waals surface area contributed by atoms with E-state index in [-0.39, 0.29) is 0 Å². The molecule has 0 amide bonds. The van der Waals surface area contributed by atoms with Gasteiger partial charge in [-0.3, -0.25) is 4.79 Å². The minimum absolute atomic E-state index is 0.403. The van der Waals surface area contributed by atoms with Crippen LogP contribution < -0.4 is 4.74 Å². The predicted octanol–water partition coefficient (Wildman–Crippen LogP) is 3.02.